The van der Waals surface area contributed by atoms with E-state index in [-0.39, 0.29) is 5.91 Å². The van der Waals surface area contributed by atoms with Gasteiger partial charge in [0.2, 0.25) is 0 Å². The van der Waals surface area contributed by atoms with Crippen molar-refractivity contribution < 1.29 is 9.53 Å². The molecule has 0 radical (unpaired) electrons. The smallest absolute Gasteiger partial charge is 0.263 e. The highest BCUT2D eigenvalue weighted by atomic mass is 16.5. The van der Waals surface area contributed by atoms with Gasteiger partial charge in [-0.2, -0.15) is 0 Å². The van der Waals surface area contributed by atoms with E-state index in [0.29, 0.717) is 6.04 Å². The number of carbonyl (C=O) groups is 1. The van der Waals surface area contributed by atoms with Gasteiger partial charge in [0.1, 0.15) is 5.75 Å². The third-order valence-corrected chi connectivity index (χ3v) is 4.60. The molecule has 1 aliphatic carbocycles. The van der Waals surface area contributed by atoms with Gasteiger partial charge in [-0.3, -0.25) is 4.79 Å². The van der Waals surface area contributed by atoms with E-state index in [1.54, 1.807) is 0 Å². The Morgan fingerprint density at radius 2 is 1.91 bits per heavy atom. The maximum Gasteiger partial charge on any atom is 0.263 e. The molecule has 1 aliphatic heterocycles. The number of likely N-dealkylation sites (tertiary alicyclic amines) is 1. The van der Waals surface area contributed by atoms with E-state index >= 15 is 0 Å². The fraction of sp³-hybridized carbons (Fsp3) is 0.611. The molecule has 4 heteroatoms. The van der Waals surface area contributed by atoms with Gasteiger partial charge in [0.25, 0.3) is 5.91 Å². The van der Waals surface area contributed by atoms with Crippen molar-refractivity contribution in [3.05, 3.63) is 30.3 Å². The Bertz CT molecular complexity index is 479. The van der Waals surface area contributed by atoms with Crippen molar-refractivity contribution >= 4 is 5.91 Å². The molecule has 1 atom stereocenters. The summed E-state index contributed by atoms with van der Waals surface area (Å²) in [5.41, 5.74) is 0. The van der Waals surface area contributed by atoms with Gasteiger partial charge >= 0.3 is 0 Å². The third kappa shape index (κ3) is 4.23. The molecule has 0 spiro atoms. The van der Waals surface area contributed by atoms with Gasteiger partial charge < -0.3 is 15.0 Å². The van der Waals surface area contributed by atoms with Gasteiger partial charge in [-0.15, -0.1) is 0 Å². The summed E-state index contributed by atoms with van der Waals surface area (Å²) in [6.45, 7) is 4.67. The topological polar surface area (TPSA) is 41.6 Å². The third-order valence-electron chi connectivity index (χ3n) is 4.60. The molecular formula is C18H26N2O2. The lowest BCUT2D eigenvalue weighted by atomic mass is 10.0. The fourth-order valence-corrected chi connectivity index (χ4v) is 2.97. The number of amides is 1. The quantitative estimate of drug-likeness (QED) is 0.877. The second-order valence-electron chi connectivity index (χ2n) is 6.52. The minimum absolute atomic E-state index is 0.101. The predicted molar refractivity (Wildman–Crippen MR) is 86.9 cm³/mol. The number of benzene rings is 1. The maximum absolute atomic E-state index is 12.5. The Morgan fingerprint density at radius 1 is 1.23 bits per heavy atom. The Balaban J connectivity index is 1.42. The number of hydrogen-bond acceptors (Lipinski definition) is 3. The highest BCUT2D eigenvalue weighted by Crippen LogP contribution is 2.28. The first-order valence-corrected chi connectivity index (χ1v) is 8.46. The summed E-state index contributed by atoms with van der Waals surface area (Å²) in [5.74, 6) is 1.77. The molecule has 2 fully saturated rings. The molecule has 1 saturated heterocycles. The summed E-state index contributed by atoms with van der Waals surface area (Å²) in [4.78, 5) is 14.4. The summed E-state index contributed by atoms with van der Waals surface area (Å²) in [6, 6.07) is 10.1. The minimum atomic E-state index is -0.418. The van der Waals surface area contributed by atoms with E-state index in [1.165, 1.54) is 12.8 Å². The number of nitrogens with one attached hydrogen (secondary N) is 1. The number of carbonyl (C=O) groups excluding carboxylic acids is 1. The van der Waals surface area contributed by atoms with Crippen molar-refractivity contribution in [2.75, 3.05) is 19.6 Å². The summed E-state index contributed by atoms with van der Waals surface area (Å²) in [7, 11) is 0. The van der Waals surface area contributed by atoms with E-state index < -0.39 is 6.10 Å². The van der Waals surface area contributed by atoms with E-state index in [9.17, 15) is 4.79 Å². The molecule has 0 bridgehead atoms. The van der Waals surface area contributed by atoms with Gasteiger partial charge in [-0.1, -0.05) is 18.2 Å². The van der Waals surface area contributed by atoms with Crippen LogP contribution < -0.4 is 10.1 Å². The van der Waals surface area contributed by atoms with Crippen molar-refractivity contribution in [3.8, 4) is 5.75 Å². The predicted octanol–water partition coefficient (Wildman–Crippen LogP) is 2.44. The van der Waals surface area contributed by atoms with E-state index in [0.717, 1.165) is 44.1 Å². The Hall–Kier alpha value is -1.55. The van der Waals surface area contributed by atoms with Crippen LogP contribution in [0.15, 0.2) is 30.3 Å². The van der Waals surface area contributed by atoms with Crippen molar-refractivity contribution in [1.29, 1.82) is 0 Å². The molecule has 120 valence electrons. The van der Waals surface area contributed by atoms with Crippen molar-refractivity contribution in [2.45, 2.75) is 44.8 Å². The van der Waals surface area contributed by atoms with Crippen LogP contribution in [0.5, 0.6) is 5.75 Å². The number of rotatable bonds is 6. The summed E-state index contributed by atoms with van der Waals surface area (Å²) in [5, 5.41) is 3.64. The minimum Gasteiger partial charge on any atom is -0.481 e. The zero-order valence-electron chi connectivity index (χ0n) is 13.3. The largest absolute Gasteiger partial charge is 0.481 e. The van der Waals surface area contributed by atoms with Gasteiger partial charge in [0.15, 0.2) is 6.10 Å². The number of hydrogen-bond donors (Lipinski definition) is 1. The molecule has 2 aliphatic rings. The molecule has 1 aromatic carbocycles. The van der Waals surface area contributed by atoms with Crippen LogP contribution in [0.3, 0.4) is 0 Å². The lowest BCUT2D eigenvalue weighted by molar-refractivity contribution is -0.139. The molecule has 1 N–H and O–H groups in total. The van der Waals surface area contributed by atoms with Crippen LogP contribution in [-0.2, 0) is 4.79 Å². The fourth-order valence-electron chi connectivity index (χ4n) is 2.97. The number of piperidine rings is 1. The highest BCUT2D eigenvalue weighted by molar-refractivity contribution is 5.81. The van der Waals surface area contributed by atoms with Crippen LogP contribution in [0.4, 0.5) is 0 Å². The van der Waals surface area contributed by atoms with E-state index in [2.05, 4.69) is 5.32 Å². The monoisotopic (exact) mass is 302 g/mol. The molecule has 1 unspecified atom stereocenters. The van der Waals surface area contributed by atoms with Gasteiger partial charge in [-0.25, -0.2) is 0 Å². The van der Waals surface area contributed by atoms with Crippen LogP contribution >= 0.6 is 0 Å². The van der Waals surface area contributed by atoms with Crippen LogP contribution in [0.1, 0.15) is 32.6 Å². The second kappa shape index (κ2) is 7.14. The lowest BCUT2D eigenvalue weighted by Crippen LogP contribution is -2.48. The first-order chi connectivity index (χ1) is 10.7. The van der Waals surface area contributed by atoms with Crippen LogP contribution in [0.25, 0.3) is 0 Å². The van der Waals surface area contributed by atoms with Crippen LogP contribution in [-0.4, -0.2) is 42.6 Å². The van der Waals surface area contributed by atoms with Crippen LogP contribution in [0, 0.1) is 5.92 Å². The number of ether oxygens (including phenoxy) is 1. The van der Waals surface area contributed by atoms with Crippen molar-refractivity contribution in [1.82, 2.24) is 10.2 Å². The molecule has 1 heterocycles. The molecule has 3 rings (SSSR count). The van der Waals surface area contributed by atoms with Crippen LogP contribution in [0.2, 0.25) is 0 Å². The Labute approximate surface area is 132 Å². The zero-order valence-corrected chi connectivity index (χ0v) is 13.3. The SMILES string of the molecule is CC(Oc1ccccc1)C(=O)N1CCC(NCC2CC2)CC1. The van der Waals surface area contributed by atoms with Gasteiger partial charge in [0, 0.05) is 19.1 Å². The average Bonchev–Trinajstić information content (AvgIpc) is 3.38. The molecule has 0 aromatic heterocycles. The van der Waals surface area contributed by atoms with E-state index in [1.807, 2.05) is 42.2 Å². The molecule has 22 heavy (non-hydrogen) atoms. The molecule has 1 saturated carbocycles. The van der Waals surface area contributed by atoms with Gasteiger partial charge in [0.05, 0.1) is 0 Å². The summed E-state index contributed by atoms with van der Waals surface area (Å²) >= 11 is 0. The normalized spacial score (nSPS) is 20.7. The first-order valence-electron chi connectivity index (χ1n) is 8.46. The lowest BCUT2D eigenvalue weighted by Gasteiger charge is -2.34. The average molecular weight is 302 g/mol. The van der Waals surface area contributed by atoms with Crippen molar-refractivity contribution in [2.24, 2.45) is 5.92 Å². The first kappa shape index (κ1) is 15.3. The van der Waals surface area contributed by atoms with Crippen molar-refractivity contribution in [3.63, 3.8) is 0 Å². The molecule has 4 nitrogen and oxygen atoms in total. The van der Waals surface area contributed by atoms with Gasteiger partial charge in [-0.05, 0) is 57.2 Å². The maximum atomic E-state index is 12.5. The standard InChI is InChI=1S/C18H26N2O2/c1-14(22-17-5-3-2-4-6-17)18(21)20-11-9-16(10-12-20)19-13-15-7-8-15/h2-6,14-16,19H,7-13H2,1H3. The van der Waals surface area contributed by atoms with E-state index in [4.69, 9.17) is 4.74 Å². The Morgan fingerprint density at radius 3 is 2.55 bits per heavy atom. The highest BCUT2D eigenvalue weighted by Gasteiger charge is 2.28. The molecular weight excluding hydrogens is 276 g/mol. The molecule has 1 amide bonds. The second-order valence-corrected chi connectivity index (χ2v) is 6.52. The summed E-state index contributed by atoms with van der Waals surface area (Å²) < 4.78 is 5.74. The Kier molecular flexibility index (Phi) is 4.98. The number of nitrogens with zero attached hydrogens (tertiary/aromatic N) is 1. The summed E-state index contributed by atoms with van der Waals surface area (Å²) in [6.07, 6.45) is 4.46. The molecule has 1 aromatic rings. The zero-order chi connectivity index (χ0) is 15.4. The number of para-hydroxylation sites is 1.